The first-order valence-corrected chi connectivity index (χ1v) is 8.25. The van der Waals surface area contributed by atoms with Crippen molar-refractivity contribution in [2.24, 2.45) is 0 Å². The molecule has 2 heterocycles. The van der Waals surface area contributed by atoms with E-state index in [0.717, 1.165) is 15.5 Å². The molecule has 0 amide bonds. The summed E-state index contributed by atoms with van der Waals surface area (Å²) in [6.45, 7) is 2.00. The van der Waals surface area contributed by atoms with Gasteiger partial charge in [-0.25, -0.2) is 23.1 Å². The van der Waals surface area contributed by atoms with Crippen molar-refractivity contribution in [3.63, 3.8) is 0 Å². The second kappa shape index (κ2) is 5.34. The molecule has 0 aliphatic rings. The Morgan fingerprint density at radius 3 is 2.60 bits per heavy atom. The fourth-order valence-electron chi connectivity index (χ4n) is 1.83. The van der Waals surface area contributed by atoms with Crippen molar-refractivity contribution in [2.75, 3.05) is 6.26 Å². The van der Waals surface area contributed by atoms with E-state index >= 15 is 0 Å². The standard InChI is InChI=1S/C13H12N4OS2/c1-9-3-5-10(6-4-9)20(18)17-8-16-11-12(17)14-7-15-13(11)19-2/h3-8H,1-2H3. The molecule has 1 atom stereocenters. The van der Waals surface area contributed by atoms with E-state index in [4.69, 9.17) is 0 Å². The minimum atomic E-state index is -1.35. The Labute approximate surface area is 123 Å². The molecular weight excluding hydrogens is 292 g/mol. The number of hydrogen-bond donors (Lipinski definition) is 0. The average molecular weight is 304 g/mol. The highest BCUT2D eigenvalue weighted by Gasteiger charge is 2.14. The molecule has 7 heteroatoms. The van der Waals surface area contributed by atoms with Crippen LogP contribution in [0, 0.1) is 6.92 Å². The van der Waals surface area contributed by atoms with Gasteiger partial charge in [0.25, 0.3) is 0 Å². The molecule has 0 N–H and O–H groups in total. The van der Waals surface area contributed by atoms with Crippen LogP contribution in [0.15, 0.2) is 46.8 Å². The Kier molecular flexibility index (Phi) is 3.54. The molecule has 102 valence electrons. The smallest absolute Gasteiger partial charge is 0.176 e. The molecule has 1 unspecified atom stereocenters. The third-order valence-electron chi connectivity index (χ3n) is 2.86. The van der Waals surface area contributed by atoms with Crippen molar-refractivity contribution in [1.82, 2.24) is 18.9 Å². The predicted octanol–water partition coefficient (Wildman–Crippen LogP) is 2.43. The summed E-state index contributed by atoms with van der Waals surface area (Å²) in [5.41, 5.74) is 2.40. The van der Waals surface area contributed by atoms with E-state index in [2.05, 4.69) is 15.0 Å². The summed E-state index contributed by atoms with van der Waals surface area (Å²) in [6.07, 6.45) is 4.95. The number of benzene rings is 1. The number of aryl methyl sites for hydroxylation is 1. The summed E-state index contributed by atoms with van der Waals surface area (Å²) in [4.78, 5) is 13.4. The fourth-order valence-corrected chi connectivity index (χ4v) is 3.34. The van der Waals surface area contributed by atoms with E-state index in [1.807, 2.05) is 37.4 Å². The Balaban J connectivity index is 2.10. The first kappa shape index (κ1) is 13.3. The lowest BCUT2D eigenvalue weighted by Crippen LogP contribution is -2.04. The maximum absolute atomic E-state index is 12.6. The van der Waals surface area contributed by atoms with Crippen molar-refractivity contribution in [3.8, 4) is 0 Å². The largest absolute Gasteiger partial charge is 0.231 e. The average Bonchev–Trinajstić information content (AvgIpc) is 2.91. The predicted molar refractivity (Wildman–Crippen MR) is 80.1 cm³/mol. The van der Waals surface area contributed by atoms with Crippen LogP contribution in [0.1, 0.15) is 5.56 Å². The number of fused-ring (bicyclic) bond motifs is 1. The van der Waals surface area contributed by atoms with Crippen LogP contribution >= 0.6 is 11.8 Å². The van der Waals surface area contributed by atoms with Crippen LogP contribution in [0.2, 0.25) is 0 Å². The summed E-state index contributed by atoms with van der Waals surface area (Å²) < 4.78 is 14.2. The Morgan fingerprint density at radius 1 is 1.15 bits per heavy atom. The topological polar surface area (TPSA) is 60.7 Å². The second-order valence-electron chi connectivity index (χ2n) is 4.19. The summed E-state index contributed by atoms with van der Waals surface area (Å²) in [6, 6.07) is 7.59. The maximum atomic E-state index is 12.6. The first-order chi connectivity index (χ1) is 9.70. The van der Waals surface area contributed by atoms with Gasteiger partial charge < -0.3 is 0 Å². The van der Waals surface area contributed by atoms with Crippen molar-refractivity contribution in [3.05, 3.63) is 42.5 Å². The van der Waals surface area contributed by atoms with Crippen LogP contribution in [0.4, 0.5) is 0 Å². The molecule has 3 aromatic rings. The molecular formula is C13H12N4OS2. The van der Waals surface area contributed by atoms with Gasteiger partial charge in [0.2, 0.25) is 0 Å². The van der Waals surface area contributed by atoms with Gasteiger partial charge in [0.1, 0.15) is 23.2 Å². The van der Waals surface area contributed by atoms with Gasteiger partial charge in [0, 0.05) is 0 Å². The molecule has 0 bridgehead atoms. The molecule has 0 fully saturated rings. The highest BCUT2D eigenvalue weighted by molar-refractivity contribution is 7.98. The van der Waals surface area contributed by atoms with Crippen LogP contribution in [0.25, 0.3) is 11.2 Å². The van der Waals surface area contributed by atoms with Gasteiger partial charge in [-0.3, -0.25) is 0 Å². The number of hydrogen-bond acceptors (Lipinski definition) is 5. The summed E-state index contributed by atoms with van der Waals surface area (Å²) in [5.74, 6) is 0. The molecule has 5 nitrogen and oxygen atoms in total. The van der Waals surface area contributed by atoms with Crippen LogP contribution in [-0.4, -0.2) is 29.4 Å². The SMILES string of the molecule is CSc1ncnc2c1ncn2S(=O)c1ccc(C)cc1. The van der Waals surface area contributed by atoms with Gasteiger partial charge in [-0.05, 0) is 25.3 Å². The zero-order valence-corrected chi connectivity index (χ0v) is 12.6. The Morgan fingerprint density at radius 2 is 1.90 bits per heavy atom. The highest BCUT2D eigenvalue weighted by atomic mass is 32.2. The van der Waals surface area contributed by atoms with Crippen molar-refractivity contribution < 1.29 is 4.21 Å². The van der Waals surface area contributed by atoms with Gasteiger partial charge in [0.05, 0.1) is 4.90 Å². The minimum absolute atomic E-state index is 0.586. The normalized spacial score (nSPS) is 12.7. The molecule has 1 aromatic carbocycles. The lowest BCUT2D eigenvalue weighted by atomic mass is 10.2. The fraction of sp³-hybridized carbons (Fsp3) is 0.154. The third kappa shape index (κ3) is 2.23. The van der Waals surface area contributed by atoms with Crippen LogP contribution in [0.5, 0.6) is 0 Å². The summed E-state index contributed by atoms with van der Waals surface area (Å²) in [5, 5.41) is 0.787. The third-order valence-corrected chi connectivity index (χ3v) is 4.85. The van der Waals surface area contributed by atoms with Gasteiger partial charge in [0.15, 0.2) is 16.6 Å². The van der Waals surface area contributed by atoms with Crippen LogP contribution < -0.4 is 0 Å². The lowest BCUT2D eigenvalue weighted by Gasteiger charge is -2.04. The molecule has 0 saturated carbocycles. The van der Waals surface area contributed by atoms with E-state index in [1.165, 1.54) is 18.1 Å². The minimum Gasteiger partial charge on any atom is -0.231 e. The van der Waals surface area contributed by atoms with E-state index in [9.17, 15) is 4.21 Å². The van der Waals surface area contributed by atoms with Crippen LogP contribution in [0.3, 0.4) is 0 Å². The maximum Gasteiger partial charge on any atom is 0.176 e. The van der Waals surface area contributed by atoms with Gasteiger partial charge >= 0.3 is 0 Å². The molecule has 0 aliphatic heterocycles. The zero-order chi connectivity index (χ0) is 14.1. The monoisotopic (exact) mass is 304 g/mol. The molecule has 2 aromatic heterocycles. The van der Waals surface area contributed by atoms with Crippen molar-refractivity contribution in [2.45, 2.75) is 16.8 Å². The van der Waals surface area contributed by atoms with E-state index < -0.39 is 11.0 Å². The van der Waals surface area contributed by atoms with E-state index in [-0.39, 0.29) is 0 Å². The molecule has 3 rings (SSSR count). The molecule has 0 spiro atoms. The highest BCUT2D eigenvalue weighted by Crippen LogP contribution is 2.22. The van der Waals surface area contributed by atoms with Crippen LogP contribution in [-0.2, 0) is 11.0 Å². The Bertz CT molecular complexity index is 783. The first-order valence-electron chi connectivity index (χ1n) is 5.91. The van der Waals surface area contributed by atoms with Crippen molar-refractivity contribution >= 4 is 33.9 Å². The number of nitrogens with zero attached hydrogens (tertiary/aromatic N) is 4. The van der Waals surface area contributed by atoms with Gasteiger partial charge in [-0.15, -0.1) is 11.8 Å². The van der Waals surface area contributed by atoms with Crippen molar-refractivity contribution in [1.29, 1.82) is 0 Å². The quantitative estimate of drug-likeness (QED) is 0.549. The number of rotatable bonds is 3. The molecule has 0 radical (unpaired) electrons. The number of aromatic nitrogens is 4. The summed E-state index contributed by atoms with van der Waals surface area (Å²) >= 11 is 1.50. The molecule has 0 saturated heterocycles. The van der Waals surface area contributed by atoms with Gasteiger partial charge in [-0.2, -0.15) is 0 Å². The molecule has 0 aliphatic carbocycles. The lowest BCUT2D eigenvalue weighted by molar-refractivity contribution is 0.678. The Hall–Kier alpha value is -1.73. The zero-order valence-electron chi connectivity index (χ0n) is 11.0. The summed E-state index contributed by atoms with van der Waals surface area (Å²) in [7, 11) is -1.35. The number of thioether (sulfide) groups is 1. The molecule has 20 heavy (non-hydrogen) atoms. The van der Waals surface area contributed by atoms with E-state index in [0.29, 0.717) is 11.2 Å². The number of imidazole rings is 1. The van der Waals surface area contributed by atoms with E-state index in [1.54, 1.807) is 10.3 Å². The van der Waals surface area contributed by atoms with Gasteiger partial charge in [-0.1, -0.05) is 17.7 Å². The second-order valence-corrected chi connectivity index (χ2v) is 6.35.